The Hall–Kier alpha value is -4.86. The van der Waals surface area contributed by atoms with Gasteiger partial charge in [0.05, 0.1) is 0 Å². The molecular formula is C47H37BrO2. The molecule has 3 aliphatic rings. The Morgan fingerprint density at radius 1 is 0.420 bits per heavy atom. The third-order valence-corrected chi connectivity index (χ3v) is 12.5. The lowest BCUT2D eigenvalue weighted by Gasteiger charge is -2.31. The fourth-order valence-corrected chi connectivity index (χ4v) is 9.88. The monoisotopic (exact) mass is 712 g/mol. The van der Waals surface area contributed by atoms with Gasteiger partial charge in [0.25, 0.3) is 0 Å². The summed E-state index contributed by atoms with van der Waals surface area (Å²) >= 11 is 3.82. The number of benzene rings is 6. The van der Waals surface area contributed by atoms with Gasteiger partial charge in [-0.05, 0) is 113 Å². The lowest BCUT2D eigenvalue weighted by atomic mass is 9.71. The molecule has 0 N–H and O–H groups in total. The third-order valence-electron chi connectivity index (χ3n) is 12.0. The van der Waals surface area contributed by atoms with Crippen molar-refractivity contribution in [1.29, 1.82) is 0 Å². The van der Waals surface area contributed by atoms with E-state index in [9.17, 15) is 9.59 Å². The minimum absolute atomic E-state index is 0.217. The van der Waals surface area contributed by atoms with Crippen LogP contribution in [0.5, 0.6) is 0 Å². The molecule has 2 nitrogen and oxygen atoms in total. The molecule has 0 aliphatic heterocycles. The molecule has 3 heteroatoms. The Morgan fingerprint density at radius 2 is 0.740 bits per heavy atom. The first kappa shape index (κ1) is 31.1. The number of rotatable bonds is 4. The van der Waals surface area contributed by atoms with Crippen molar-refractivity contribution in [2.24, 2.45) is 0 Å². The molecule has 6 aromatic rings. The van der Waals surface area contributed by atoms with E-state index in [1.165, 1.54) is 66.8 Å². The summed E-state index contributed by atoms with van der Waals surface area (Å²) in [6.07, 6.45) is 1.80. The first-order valence-corrected chi connectivity index (χ1v) is 18.1. The minimum Gasteiger partial charge on any atom is -0.298 e. The fraction of sp³-hybridized carbons (Fsp3) is 0.191. The number of carbonyl (C=O) groups excluding carboxylic acids is 2. The Labute approximate surface area is 302 Å². The topological polar surface area (TPSA) is 34.1 Å². The minimum atomic E-state index is -0.269. The van der Waals surface area contributed by atoms with E-state index in [0.717, 1.165) is 39.3 Å². The van der Waals surface area contributed by atoms with Crippen LogP contribution in [-0.2, 0) is 16.2 Å². The van der Waals surface area contributed by atoms with Gasteiger partial charge in [-0.1, -0.05) is 136 Å². The zero-order valence-corrected chi connectivity index (χ0v) is 30.8. The molecule has 9 rings (SSSR count). The zero-order chi connectivity index (χ0) is 34.9. The SMILES string of the molecule is CC1(C)c2cc(Br)ccc2-c2c1c1c(c3c2C(C)(C)c2cc(-c4ccc(C=O)cc4)ccc2-3)C(C)(C)c2cc(-c3ccc(C=O)cc3)ccc2-1. The van der Waals surface area contributed by atoms with E-state index in [0.29, 0.717) is 11.1 Å². The first-order chi connectivity index (χ1) is 23.9. The predicted molar refractivity (Wildman–Crippen MR) is 208 cm³/mol. The summed E-state index contributed by atoms with van der Waals surface area (Å²) in [4.78, 5) is 22.8. The molecule has 244 valence electrons. The van der Waals surface area contributed by atoms with E-state index >= 15 is 0 Å². The van der Waals surface area contributed by atoms with E-state index in [1.807, 2.05) is 24.3 Å². The van der Waals surface area contributed by atoms with Crippen LogP contribution in [0, 0.1) is 0 Å². The van der Waals surface area contributed by atoms with E-state index in [1.54, 1.807) is 0 Å². The van der Waals surface area contributed by atoms with Crippen LogP contribution in [0.3, 0.4) is 0 Å². The quantitative estimate of drug-likeness (QED) is 0.171. The van der Waals surface area contributed by atoms with Gasteiger partial charge in [0.2, 0.25) is 0 Å². The number of fused-ring (bicyclic) bond motifs is 12. The molecule has 3 aliphatic carbocycles. The Morgan fingerprint density at radius 3 is 1.10 bits per heavy atom. The van der Waals surface area contributed by atoms with Crippen LogP contribution in [0.2, 0.25) is 0 Å². The summed E-state index contributed by atoms with van der Waals surface area (Å²) in [5, 5.41) is 0. The largest absolute Gasteiger partial charge is 0.298 e. The molecule has 0 bridgehead atoms. The van der Waals surface area contributed by atoms with Crippen molar-refractivity contribution in [3.63, 3.8) is 0 Å². The summed E-state index contributed by atoms with van der Waals surface area (Å²) in [7, 11) is 0. The number of carbonyl (C=O) groups is 2. The van der Waals surface area contributed by atoms with Gasteiger partial charge in [-0.3, -0.25) is 9.59 Å². The first-order valence-electron chi connectivity index (χ1n) is 17.3. The van der Waals surface area contributed by atoms with Gasteiger partial charge in [0, 0.05) is 31.8 Å². The summed E-state index contributed by atoms with van der Waals surface area (Å²) < 4.78 is 1.10. The van der Waals surface area contributed by atoms with Crippen LogP contribution < -0.4 is 0 Å². The van der Waals surface area contributed by atoms with Crippen LogP contribution in [-0.4, -0.2) is 12.6 Å². The van der Waals surface area contributed by atoms with Crippen LogP contribution in [0.15, 0.2) is 108 Å². The molecule has 50 heavy (non-hydrogen) atoms. The van der Waals surface area contributed by atoms with Crippen molar-refractivity contribution in [2.45, 2.75) is 57.8 Å². The van der Waals surface area contributed by atoms with Gasteiger partial charge in [-0.25, -0.2) is 0 Å². The molecule has 0 unspecified atom stereocenters. The summed E-state index contributed by atoms with van der Waals surface area (Å²) in [6.45, 7) is 14.4. The van der Waals surface area contributed by atoms with Crippen LogP contribution in [0.4, 0.5) is 0 Å². The average Bonchev–Trinajstić information content (AvgIpc) is 3.60. The second-order valence-corrected chi connectivity index (χ2v) is 16.7. The molecule has 0 radical (unpaired) electrons. The fourth-order valence-electron chi connectivity index (χ4n) is 9.51. The Kier molecular flexibility index (Phi) is 6.44. The number of aldehydes is 2. The zero-order valence-electron chi connectivity index (χ0n) is 29.2. The predicted octanol–water partition coefficient (Wildman–Crippen LogP) is 12.3. The molecule has 0 saturated carbocycles. The van der Waals surface area contributed by atoms with Gasteiger partial charge in [-0.15, -0.1) is 0 Å². The highest BCUT2D eigenvalue weighted by atomic mass is 79.9. The summed E-state index contributed by atoms with van der Waals surface area (Å²) in [6, 6.07) is 36.6. The molecule has 0 amide bonds. The van der Waals surface area contributed by atoms with Crippen LogP contribution in [0.25, 0.3) is 55.6 Å². The Balaban J connectivity index is 1.36. The van der Waals surface area contributed by atoms with Gasteiger partial charge in [0.15, 0.2) is 0 Å². The molecule has 0 atom stereocenters. The van der Waals surface area contributed by atoms with Gasteiger partial charge >= 0.3 is 0 Å². The van der Waals surface area contributed by atoms with E-state index in [2.05, 4.69) is 136 Å². The summed E-state index contributed by atoms with van der Waals surface area (Å²) in [5.74, 6) is 0. The van der Waals surface area contributed by atoms with Crippen molar-refractivity contribution in [2.75, 3.05) is 0 Å². The standard InChI is InChI=1S/C47H37BrO2/c1-45(2)37-22-31(29-13-9-27(25-50)10-14-29)16-19-34(37)40-42(45)39-33-18-15-30(28-11-7-26(24-49)8-12-28)21-36(33)46(3,4)43(39)41-35-20-17-32(48)23-38(35)47(5,6)44(40)41/h7-25H,1-6H3. The lowest BCUT2D eigenvalue weighted by molar-refractivity contribution is 0.111. The molecule has 0 spiro atoms. The van der Waals surface area contributed by atoms with Gasteiger partial charge in [0.1, 0.15) is 12.6 Å². The van der Waals surface area contributed by atoms with Crippen LogP contribution in [0.1, 0.15) is 95.6 Å². The number of hydrogen-bond donors (Lipinski definition) is 0. The molecule has 0 saturated heterocycles. The maximum Gasteiger partial charge on any atom is 0.150 e. The third kappa shape index (κ3) is 4.01. The second kappa shape index (κ2) is 10.3. The average molecular weight is 714 g/mol. The van der Waals surface area contributed by atoms with Gasteiger partial charge in [-0.2, -0.15) is 0 Å². The smallest absolute Gasteiger partial charge is 0.150 e. The normalized spacial score (nSPS) is 16.1. The van der Waals surface area contributed by atoms with Gasteiger partial charge < -0.3 is 0 Å². The van der Waals surface area contributed by atoms with Crippen molar-refractivity contribution < 1.29 is 9.59 Å². The molecule has 6 aromatic carbocycles. The maximum absolute atomic E-state index is 11.4. The summed E-state index contributed by atoms with van der Waals surface area (Å²) in [5.41, 5.74) is 21.6. The molecular weight excluding hydrogens is 676 g/mol. The second-order valence-electron chi connectivity index (χ2n) is 15.8. The number of hydrogen-bond acceptors (Lipinski definition) is 2. The van der Waals surface area contributed by atoms with Crippen LogP contribution >= 0.6 is 15.9 Å². The molecule has 0 aromatic heterocycles. The Bertz CT molecular complexity index is 2420. The highest BCUT2D eigenvalue weighted by Gasteiger charge is 2.52. The van der Waals surface area contributed by atoms with Crippen molar-refractivity contribution in [3.05, 3.63) is 152 Å². The van der Waals surface area contributed by atoms with Crippen molar-refractivity contribution >= 4 is 28.5 Å². The highest BCUT2D eigenvalue weighted by molar-refractivity contribution is 9.10. The van der Waals surface area contributed by atoms with E-state index < -0.39 is 0 Å². The van der Waals surface area contributed by atoms with E-state index in [4.69, 9.17) is 0 Å². The number of halogens is 1. The van der Waals surface area contributed by atoms with Crippen molar-refractivity contribution in [3.8, 4) is 55.6 Å². The van der Waals surface area contributed by atoms with Crippen molar-refractivity contribution in [1.82, 2.24) is 0 Å². The maximum atomic E-state index is 11.4. The highest BCUT2D eigenvalue weighted by Crippen LogP contribution is 2.67. The lowest BCUT2D eigenvalue weighted by Crippen LogP contribution is -2.22. The molecule has 0 fully saturated rings. The van der Waals surface area contributed by atoms with E-state index in [-0.39, 0.29) is 16.2 Å². The molecule has 0 heterocycles.